The first-order chi connectivity index (χ1) is 11.5. The van der Waals surface area contributed by atoms with E-state index < -0.39 is 0 Å². The van der Waals surface area contributed by atoms with E-state index in [-0.39, 0.29) is 0 Å². The Morgan fingerprint density at radius 1 is 1.17 bits per heavy atom. The normalized spacial score (nSPS) is 19.4. The molecule has 0 spiro atoms. The third kappa shape index (κ3) is 2.72. The molecule has 4 rings (SSSR count). The number of hydrogen-bond acceptors (Lipinski definition) is 5. The van der Waals surface area contributed by atoms with Crippen molar-refractivity contribution in [2.75, 3.05) is 25.0 Å². The number of aryl methyl sites for hydroxylation is 3. The molecular formula is C19H28N4S. The van der Waals surface area contributed by atoms with Crippen LogP contribution in [-0.4, -0.2) is 47.1 Å². The Kier molecular flexibility index (Phi) is 4.25. The number of likely N-dealkylation sites (tertiary alicyclic amines) is 1. The van der Waals surface area contributed by atoms with Crippen LogP contribution in [0.3, 0.4) is 0 Å². The van der Waals surface area contributed by atoms with Crippen LogP contribution in [0.4, 0.5) is 5.82 Å². The molecule has 2 aromatic heterocycles. The van der Waals surface area contributed by atoms with Crippen molar-refractivity contribution in [3.8, 4) is 0 Å². The quantitative estimate of drug-likeness (QED) is 0.848. The summed E-state index contributed by atoms with van der Waals surface area (Å²) in [6.45, 7) is 9.03. The van der Waals surface area contributed by atoms with Gasteiger partial charge in [-0.25, -0.2) is 9.97 Å². The molecule has 1 aliphatic heterocycles. The van der Waals surface area contributed by atoms with Gasteiger partial charge in [0.05, 0.1) is 5.39 Å². The molecule has 2 aromatic rings. The number of nitrogens with zero attached hydrogens (tertiary/aromatic N) is 4. The summed E-state index contributed by atoms with van der Waals surface area (Å²) in [5.41, 5.74) is 1.54. The summed E-state index contributed by atoms with van der Waals surface area (Å²) < 4.78 is 0. The molecule has 0 radical (unpaired) electrons. The summed E-state index contributed by atoms with van der Waals surface area (Å²) >= 11 is 1.90. The second kappa shape index (κ2) is 6.26. The molecule has 2 aliphatic rings. The number of rotatable bonds is 3. The number of thiophene rings is 1. The standard InChI is InChI=1S/C19H28N4S/c1-12(2)23-10-8-14(9-11-23)22(4)18-17-15-6-5-7-16(15)24-19(17)21-13(3)20-18/h12,14H,5-11H2,1-4H3. The van der Waals surface area contributed by atoms with Gasteiger partial charge in [0.2, 0.25) is 0 Å². The van der Waals surface area contributed by atoms with E-state index in [9.17, 15) is 0 Å². The highest BCUT2D eigenvalue weighted by Crippen LogP contribution is 2.41. The molecule has 5 heteroatoms. The van der Waals surface area contributed by atoms with E-state index in [1.54, 1.807) is 4.88 Å². The van der Waals surface area contributed by atoms with Crippen molar-refractivity contribution in [3.63, 3.8) is 0 Å². The molecule has 0 saturated carbocycles. The highest BCUT2D eigenvalue weighted by atomic mass is 32.1. The Morgan fingerprint density at radius 2 is 1.92 bits per heavy atom. The minimum absolute atomic E-state index is 0.592. The SMILES string of the molecule is Cc1nc(N(C)C2CCN(C(C)C)CC2)c2c3c(sc2n1)CCC3. The van der Waals surface area contributed by atoms with Gasteiger partial charge >= 0.3 is 0 Å². The molecule has 1 saturated heterocycles. The zero-order chi connectivity index (χ0) is 16.8. The van der Waals surface area contributed by atoms with Gasteiger partial charge in [0.15, 0.2) is 0 Å². The number of piperidine rings is 1. The smallest absolute Gasteiger partial charge is 0.141 e. The highest BCUT2D eigenvalue weighted by molar-refractivity contribution is 7.19. The molecule has 130 valence electrons. The molecule has 24 heavy (non-hydrogen) atoms. The zero-order valence-corrected chi connectivity index (χ0v) is 16.1. The van der Waals surface area contributed by atoms with E-state index >= 15 is 0 Å². The van der Waals surface area contributed by atoms with Crippen molar-refractivity contribution < 1.29 is 0 Å². The van der Waals surface area contributed by atoms with Crippen LogP contribution in [0.15, 0.2) is 0 Å². The number of hydrogen-bond donors (Lipinski definition) is 0. The van der Waals surface area contributed by atoms with Crippen LogP contribution in [0, 0.1) is 6.92 Å². The summed E-state index contributed by atoms with van der Waals surface area (Å²) in [5.74, 6) is 2.09. The van der Waals surface area contributed by atoms with Crippen LogP contribution in [0.5, 0.6) is 0 Å². The van der Waals surface area contributed by atoms with Crippen LogP contribution in [0.1, 0.15) is 49.4 Å². The predicted molar refractivity (Wildman–Crippen MR) is 102 cm³/mol. The molecule has 0 N–H and O–H groups in total. The van der Waals surface area contributed by atoms with Crippen LogP contribution >= 0.6 is 11.3 Å². The van der Waals surface area contributed by atoms with Crippen molar-refractivity contribution in [2.45, 2.75) is 65.0 Å². The van der Waals surface area contributed by atoms with Gasteiger partial charge < -0.3 is 9.80 Å². The number of anilines is 1. The molecule has 1 aliphatic carbocycles. The lowest BCUT2D eigenvalue weighted by Gasteiger charge is -2.39. The Labute approximate surface area is 148 Å². The second-order valence-electron chi connectivity index (χ2n) is 7.60. The molecule has 1 fully saturated rings. The first-order valence-electron chi connectivity index (χ1n) is 9.30. The van der Waals surface area contributed by atoms with Gasteiger partial charge in [-0.05, 0) is 58.4 Å². The average molecular weight is 345 g/mol. The Hall–Kier alpha value is -1.20. The first kappa shape index (κ1) is 16.3. The van der Waals surface area contributed by atoms with Crippen molar-refractivity contribution in [3.05, 3.63) is 16.3 Å². The second-order valence-corrected chi connectivity index (χ2v) is 8.69. The van der Waals surface area contributed by atoms with Crippen LogP contribution < -0.4 is 4.90 Å². The topological polar surface area (TPSA) is 32.3 Å². The fourth-order valence-corrected chi connectivity index (χ4v) is 5.60. The summed E-state index contributed by atoms with van der Waals surface area (Å²) in [4.78, 5) is 17.4. The molecule has 0 unspecified atom stereocenters. The summed E-state index contributed by atoms with van der Waals surface area (Å²) in [6, 6.07) is 1.25. The maximum absolute atomic E-state index is 4.89. The molecule has 0 atom stereocenters. The van der Waals surface area contributed by atoms with Gasteiger partial charge in [0.1, 0.15) is 16.5 Å². The van der Waals surface area contributed by atoms with E-state index in [0.717, 1.165) is 5.82 Å². The predicted octanol–water partition coefficient (Wildman–Crippen LogP) is 3.80. The van der Waals surface area contributed by atoms with Gasteiger partial charge in [0, 0.05) is 37.1 Å². The molecule has 3 heterocycles. The van der Waals surface area contributed by atoms with Crippen LogP contribution in [0.25, 0.3) is 10.2 Å². The Balaban J connectivity index is 1.66. The fourth-order valence-electron chi connectivity index (χ4n) is 4.30. The lowest BCUT2D eigenvalue weighted by Crippen LogP contribution is -2.46. The summed E-state index contributed by atoms with van der Waals surface area (Å²) in [5, 5.41) is 1.35. The average Bonchev–Trinajstić information content (AvgIpc) is 3.14. The van der Waals surface area contributed by atoms with Gasteiger partial charge in [-0.15, -0.1) is 11.3 Å². The van der Waals surface area contributed by atoms with Crippen molar-refractivity contribution >= 4 is 27.4 Å². The van der Waals surface area contributed by atoms with E-state index in [2.05, 4.69) is 30.7 Å². The van der Waals surface area contributed by atoms with Gasteiger partial charge in [-0.2, -0.15) is 0 Å². The molecule has 0 bridgehead atoms. The third-order valence-electron chi connectivity index (χ3n) is 5.77. The van der Waals surface area contributed by atoms with Gasteiger partial charge in [0.25, 0.3) is 0 Å². The number of aromatic nitrogens is 2. The maximum atomic E-state index is 4.89. The lowest BCUT2D eigenvalue weighted by atomic mass is 10.0. The monoisotopic (exact) mass is 344 g/mol. The third-order valence-corrected chi connectivity index (χ3v) is 6.95. The molecular weight excluding hydrogens is 316 g/mol. The van der Waals surface area contributed by atoms with Gasteiger partial charge in [-0.3, -0.25) is 0 Å². The largest absolute Gasteiger partial charge is 0.356 e. The summed E-state index contributed by atoms with van der Waals surface area (Å²) in [6.07, 6.45) is 6.18. The minimum Gasteiger partial charge on any atom is -0.356 e. The Morgan fingerprint density at radius 3 is 2.62 bits per heavy atom. The number of fused-ring (bicyclic) bond motifs is 3. The molecule has 0 aromatic carbocycles. The summed E-state index contributed by atoms with van der Waals surface area (Å²) in [7, 11) is 2.25. The maximum Gasteiger partial charge on any atom is 0.141 e. The van der Waals surface area contributed by atoms with Crippen molar-refractivity contribution in [1.82, 2.24) is 14.9 Å². The Bertz CT molecular complexity index is 743. The van der Waals surface area contributed by atoms with Crippen LogP contribution in [-0.2, 0) is 12.8 Å². The van der Waals surface area contributed by atoms with E-state index in [4.69, 9.17) is 9.97 Å². The molecule has 4 nitrogen and oxygen atoms in total. The van der Waals surface area contributed by atoms with Crippen molar-refractivity contribution in [2.24, 2.45) is 0 Å². The van der Waals surface area contributed by atoms with Crippen LogP contribution in [0.2, 0.25) is 0 Å². The fraction of sp³-hybridized carbons (Fsp3) is 0.684. The van der Waals surface area contributed by atoms with E-state index in [1.165, 1.54) is 66.8 Å². The molecule has 0 amide bonds. The van der Waals surface area contributed by atoms with E-state index in [1.807, 2.05) is 18.3 Å². The lowest BCUT2D eigenvalue weighted by molar-refractivity contribution is 0.171. The minimum atomic E-state index is 0.592. The first-order valence-corrected chi connectivity index (χ1v) is 10.1. The van der Waals surface area contributed by atoms with Gasteiger partial charge in [-0.1, -0.05) is 0 Å². The highest BCUT2D eigenvalue weighted by Gasteiger charge is 2.28. The van der Waals surface area contributed by atoms with E-state index in [0.29, 0.717) is 12.1 Å². The van der Waals surface area contributed by atoms with Crippen molar-refractivity contribution in [1.29, 1.82) is 0 Å². The zero-order valence-electron chi connectivity index (χ0n) is 15.3.